The molecule has 1 N–H and O–H groups in total. The molecule has 2 heterocycles. The number of ether oxygens (including phenoxy) is 2. The van der Waals surface area contributed by atoms with E-state index in [0.717, 1.165) is 24.7 Å². The summed E-state index contributed by atoms with van der Waals surface area (Å²) in [7, 11) is 0. The minimum absolute atomic E-state index is 0.0962. The van der Waals surface area contributed by atoms with Crippen molar-refractivity contribution in [2.45, 2.75) is 56.6 Å². The van der Waals surface area contributed by atoms with Gasteiger partial charge >= 0.3 is 0 Å². The van der Waals surface area contributed by atoms with Gasteiger partial charge in [0.25, 0.3) is 0 Å². The molecule has 1 saturated carbocycles. The topological polar surface area (TPSA) is 30.5 Å². The van der Waals surface area contributed by atoms with E-state index in [1.807, 2.05) is 0 Å². The predicted octanol–water partition coefficient (Wildman–Crippen LogP) is 3.24. The second kappa shape index (κ2) is 4.66. The summed E-state index contributed by atoms with van der Waals surface area (Å²) in [6.45, 7) is 4.13. The second-order valence-corrected chi connectivity index (χ2v) is 6.70. The van der Waals surface area contributed by atoms with Crippen molar-refractivity contribution in [1.82, 2.24) is 5.32 Å². The van der Waals surface area contributed by atoms with Crippen LogP contribution in [0.3, 0.4) is 0 Å². The Morgan fingerprint density at radius 2 is 2.10 bits per heavy atom. The minimum Gasteiger partial charge on any atom is -0.491 e. The summed E-state index contributed by atoms with van der Waals surface area (Å²) in [5, 5.41) is 3.60. The third-order valence-electron chi connectivity index (χ3n) is 5.22. The van der Waals surface area contributed by atoms with Gasteiger partial charge in [-0.2, -0.15) is 0 Å². The van der Waals surface area contributed by atoms with Gasteiger partial charge in [-0.3, -0.25) is 0 Å². The van der Waals surface area contributed by atoms with Crippen LogP contribution < -0.4 is 14.8 Å². The van der Waals surface area contributed by atoms with Crippen LogP contribution in [0.5, 0.6) is 11.5 Å². The van der Waals surface area contributed by atoms with Crippen LogP contribution in [0, 0.1) is 0 Å². The number of benzene rings is 1. The number of rotatable bonds is 2. The van der Waals surface area contributed by atoms with Crippen LogP contribution in [0.25, 0.3) is 0 Å². The molecule has 0 amide bonds. The fourth-order valence-electron chi connectivity index (χ4n) is 4.02. The summed E-state index contributed by atoms with van der Waals surface area (Å²) in [5.74, 6) is 2.63. The van der Waals surface area contributed by atoms with Crippen molar-refractivity contribution < 1.29 is 9.47 Å². The van der Waals surface area contributed by atoms with E-state index < -0.39 is 0 Å². The predicted molar refractivity (Wildman–Crippen MR) is 78.6 cm³/mol. The van der Waals surface area contributed by atoms with Crippen molar-refractivity contribution in [3.8, 4) is 11.5 Å². The van der Waals surface area contributed by atoms with Crippen molar-refractivity contribution in [2.24, 2.45) is 0 Å². The Kier molecular flexibility index (Phi) is 2.92. The van der Waals surface area contributed by atoms with Crippen LogP contribution in [0.15, 0.2) is 18.2 Å². The monoisotopic (exact) mass is 273 g/mol. The first-order valence-electron chi connectivity index (χ1n) is 7.93. The first-order chi connectivity index (χ1) is 9.74. The van der Waals surface area contributed by atoms with E-state index in [2.05, 4.69) is 30.4 Å². The maximum Gasteiger partial charge on any atom is 0.123 e. The summed E-state index contributed by atoms with van der Waals surface area (Å²) in [6, 6.07) is 6.39. The van der Waals surface area contributed by atoms with Crippen molar-refractivity contribution in [1.29, 1.82) is 0 Å². The first kappa shape index (κ1) is 12.5. The van der Waals surface area contributed by atoms with E-state index in [1.54, 1.807) is 0 Å². The van der Waals surface area contributed by atoms with Crippen LogP contribution in [0.1, 0.15) is 50.5 Å². The van der Waals surface area contributed by atoms with Crippen molar-refractivity contribution in [3.63, 3.8) is 0 Å². The number of fused-ring (bicyclic) bond motifs is 3. The average molecular weight is 273 g/mol. The SMILES string of the molecule is C[C@@]12COc3ccc(OC4CCCC4)cc3[C@@H]1CCN2. The van der Waals surface area contributed by atoms with Gasteiger partial charge in [-0.25, -0.2) is 0 Å². The van der Waals surface area contributed by atoms with Gasteiger partial charge < -0.3 is 14.8 Å². The van der Waals surface area contributed by atoms with Crippen LogP contribution in [0.4, 0.5) is 0 Å². The minimum atomic E-state index is 0.0962. The Morgan fingerprint density at radius 1 is 1.25 bits per heavy atom. The molecule has 2 fully saturated rings. The molecule has 1 saturated heterocycles. The number of hydrogen-bond donors (Lipinski definition) is 1. The zero-order valence-corrected chi connectivity index (χ0v) is 12.2. The molecule has 108 valence electrons. The highest BCUT2D eigenvalue weighted by Crippen LogP contribution is 2.45. The van der Waals surface area contributed by atoms with Gasteiger partial charge in [-0.15, -0.1) is 0 Å². The molecule has 0 aromatic heterocycles. The molecule has 2 atom stereocenters. The molecule has 0 radical (unpaired) electrons. The van der Waals surface area contributed by atoms with E-state index in [4.69, 9.17) is 9.47 Å². The van der Waals surface area contributed by atoms with Gasteiger partial charge in [-0.05, 0) is 63.8 Å². The molecule has 3 aliphatic rings. The summed E-state index contributed by atoms with van der Waals surface area (Å²) in [4.78, 5) is 0. The van der Waals surface area contributed by atoms with Gasteiger partial charge in [0.15, 0.2) is 0 Å². The summed E-state index contributed by atoms with van der Waals surface area (Å²) < 4.78 is 12.1. The van der Waals surface area contributed by atoms with E-state index in [9.17, 15) is 0 Å². The Morgan fingerprint density at radius 3 is 2.95 bits per heavy atom. The standard InChI is InChI=1S/C17H23NO2/c1-17-11-19-16-7-6-13(20-12-4-2-3-5-12)10-14(16)15(17)8-9-18-17/h6-7,10,12,15,18H,2-5,8-9,11H2,1H3/t15-,17+/m0/s1. The van der Waals surface area contributed by atoms with E-state index in [1.165, 1.54) is 37.7 Å². The van der Waals surface area contributed by atoms with Gasteiger partial charge in [0.1, 0.15) is 18.1 Å². The van der Waals surface area contributed by atoms with Crippen molar-refractivity contribution in [3.05, 3.63) is 23.8 Å². The molecule has 2 aliphatic heterocycles. The Bertz CT molecular complexity index is 510. The third kappa shape index (κ3) is 1.99. The Hall–Kier alpha value is -1.22. The zero-order chi connectivity index (χ0) is 13.6. The van der Waals surface area contributed by atoms with E-state index >= 15 is 0 Å². The zero-order valence-electron chi connectivity index (χ0n) is 12.2. The number of hydrogen-bond acceptors (Lipinski definition) is 3. The largest absolute Gasteiger partial charge is 0.491 e. The smallest absolute Gasteiger partial charge is 0.123 e. The molecule has 1 aliphatic carbocycles. The van der Waals surface area contributed by atoms with Crippen LogP contribution in [0.2, 0.25) is 0 Å². The first-order valence-corrected chi connectivity index (χ1v) is 7.93. The highest BCUT2D eigenvalue weighted by Gasteiger charge is 2.44. The third-order valence-corrected chi connectivity index (χ3v) is 5.22. The fourth-order valence-corrected chi connectivity index (χ4v) is 4.02. The molecule has 1 aromatic rings. The van der Waals surface area contributed by atoms with Crippen molar-refractivity contribution >= 4 is 0 Å². The quantitative estimate of drug-likeness (QED) is 0.897. The summed E-state index contributed by atoms with van der Waals surface area (Å²) >= 11 is 0. The molecule has 0 unspecified atom stereocenters. The molecular formula is C17H23NO2. The normalized spacial score (nSPS) is 32.5. The van der Waals surface area contributed by atoms with Crippen LogP contribution >= 0.6 is 0 Å². The maximum atomic E-state index is 6.15. The lowest BCUT2D eigenvalue weighted by Gasteiger charge is -2.37. The molecule has 0 bridgehead atoms. The molecule has 3 nitrogen and oxygen atoms in total. The molecule has 20 heavy (non-hydrogen) atoms. The van der Waals surface area contributed by atoms with Gasteiger partial charge in [0, 0.05) is 11.5 Å². The molecule has 3 heteroatoms. The lowest BCUT2D eigenvalue weighted by Crippen LogP contribution is -2.48. The van der Waals surface area contributed by atoms with Crippen molar-refractivity contribution in [2.75, 3.05) is 13.2 Å². The number of nitrogens with one attached hydrogen (secondary N) is 1. The molecule has 4 rings (SSSR count). The van der Waals surface area contributed by atoms with Crippen LogP contribution in [-0.4, -0.2) is 24.8 Å². The van der Waals surface area contributed by atoms with Crippen LogP contribution in [-0.2, 0) is 0 Å². The highest BCUT2D eigenvalue weighted by molar-refractivity contribution is 5.46. The summed E-state index contributed by atoms with van der Waals surface area (Å²) in [6.07, 6.45) is 6.64. The average Bonchev–Trinajstić information content (AvgIpc) is 3.07. The Labute approximate surface area is 120 Å². The molecule has 1 aromatic carbocycles. The lowest BCUT2D eigenvalue weighted by atomic mass is 9.80. The van der Waals surface area contributed by atoms with E-state index in [0.29, 0.717) is 12.0 Å². The second-order valence-electron chi connectivity index (χ2n) is 6.70. The lowest BCUT2D eigenvalue weighted by molar-refractivity contribution is 0.168. The Balaban J connectivity index is 1.62. The fraction of sp³-hybridized carbons (Fsp3) is 0.647. The van der Waals surface area contributed by atoms with Gasteiger partial charge in [0.2, 0.25) is 0 Å². The highest BCUT2D eigenvalue weighted by atomic mass is 16.5. The van der Waals surface area contributed by atoms with Gasteiger partial charge in [0.05, 0.1) is 11.6 Å². The van der Waals surface area contributed by atoms with E-state index in [-0.39, 0.29) is 5.54 Å². The molecular weight excluding hydrogens is 250 g/mol. The summed E-state index contributed by atoms with van der Waals surface area (Å²) in [5.41, 5.74) is 1.43. The maximum absolute atomic E-state index is 6.15. The van der Waals surface area contributed by atoms with Gasteiger partial charge in [-0.1, -0.05) is 0 Å². The molecule has 0 spiro atoms.